The Morgan fingerprint density at radius 3 is 2.62 bits per heavy atom. The molecule has 1 aliphatic rings. The third-order valence-electron chi connectivity index (χ3n) is 4.44. The number of carbonyl (C=O) groups is 2. The Bertz CT molecular complexity index is 720. The largest absolute Gasteiger partial charge is 0.459 e. The first-order valence-corrected chi connectivity index (χ1v) is 9.01. The van der Waals surface area contributed by atoms with E-state index in [0.29, 0.717) is 31.1 Å². The summed E-state index contributed by atoms with van der Waals surface area (Å²) >= 11 is 0. The summed E-state index contributed by atoms with van der Waals surface area (Å²) < 4.78 is 5.18. The minimum atomic E-state index is -0.0714. The van der Waals surface area contributed by atoms with Gasteiger partial charge in [-0.1, -0.05) is 13.3 Å². The number of aromatic nitrogens is 1. The van der Waals surface area contributed by atoms with Crippen molar-refractivity contribution >= 4 is 23.3 Å². The fourth-order valence-corrected chi connectivity index (χ4v) is 2.91. The molecular formula is C19H24N4O3. The Morgan fingerprint density at radius 1 is 1.19 bits per heavy atom. The number of hydrogen-bond donors (Lipinski definition) is 1. The van der Waals surface area contributed by atoms with Crippen LogP contribution in [0.1, 0.15) is 36.7 Å². The zero-order valence-corrected chi connectivity index (χ0v) is 15.0. The number of amides is 2. The lowest BCUT2D eigenvalue weighted by Crippen LogP contribution is -2.48. The maximum atomic E-state index is 12.3. The van der Waals surface area contributed by atoms with Crippen LogP contribution < -0.4 is 10.2 Å². The molecular weight excluding hydrogens is 332 g/mol. The summed E-state index contributed by atoms with van der Waals surface area (Å²) in [5.41, 5.74) is 0.988. The number of rotatable bonds is 6. The van der Waals surface area contributed by atoms with Gasteiger partial charge in [0, 0.05) is 32.6 Å². The van der Waals surface area contributed by atoms with Gasteiger partial charge in [0.25, 0.3) is 5.91 Å². The zero-order valence-electron chi connectivity index (χ0n) is 15.0. The molecule has 7 heteroatoms. The highest BCUT2D eigenvalue weighted by atomic mass is 16.3. The summed E-state index contributed by atoms with van der Waals surface area (Å²) in [5.74, 6) is 0.875. The molecule has 3 heterocycles. The van der Waals surface area contributed by atoms with Gasteiger partial charge in [-0.15, -0.1) is 0 Å². The molecule has 0 aromatic carbocycles. The summed E-state index contributed by atoms with van der Waals surface area (Å²) in [7, 11) is 0. The second-order valence-corrected chi connectivity index (χ2v) is 6.31. The van der Waals surface area contributed by atoms with Crippen molar-refractivity contribution in [3.8, 4) is 0 Å². The fourth-order valence-electron chi connectivity index (χ4n) is 2.91. The molecule has 2 aromatic rings. The van der Waals surface area contributed by atoms with Gasteiger partial charge in [-0.25, -0.2) is 4.98 Å². The fraction of sp³-hybridized carbons (Fsp3) is 0.421. The maximum absolute atomic E-state index is 12.3. The second-order valence-electron chi connectivity index (χ2n) is 6.31. The molecule has 138 valence electrons. The van der Waals surface area contributed by atoms with Crippen molar-refractivity contribution in [2.24, 2.45) is 0 Å². The zero-order chi connectivity index (χ0) is 18.4. The molecule has 0 radical (unpaired) electrons. The number of unbranched alkanes of at least 4 members (excludes halogenated alkanes) is 1. The number of pyridine rings is 1. The van der Waals surface area contributed by atoms with Crippen molar-refractivity contribution in [1.29, 1.82) is 0 Å². The van der Waals surface area contributed by atoms with E-state index in [-0.39, 0.29) is 11.8 Å². The van der Waals surface area contributed by atoms with Crippen LogP contribution in [0.4, 0.5) is 11.5 Å². The Hall–Kier alpha value is -2.83. The standard InChI is InChI=1S/C19H24N4O3/c1-2-3-6-18(24)21-17-8-7-15(14-20-17)22-9-11-23(12-10-22)19(25)16-5-4-13-26-16/h4-5,7-8,13-14H,2-3,6,9-12H2,1H3,(H,20,21,24). The van der Waals surface area contributed by atoms with Crippen LogP contribution in [-0.4, -0.2) is 47.9 Å². The number of hydrogen-bond acceptors (Lipinski definition) is 5. The molecule has 0 saturated carbocycles. The number of anilines is 2. The molecule has 2 amide bonds. The van der Waals surface area contributed by atoms with Crippen molar-refractivity contribution in [1.82, 2.24) is 9.88 Å². The van der Waals surface area contributed by atoms with Crippen LogP contribution in [0.5, 0.6) is 0 Å². The number of carbonyl (C=O) groups excluding carboxylic acids is 2. The topological polar surface area (TPSA) is 78.7 Å². The van der Waals surface area contributed by atoms with Crippen molar-refractivity contribution < 1.29 is 14.0 Å². The third-order valence-corrected chi connectivity index (χ3v) is 4.44. The SMILES string of the molecule is CCCCC(=O)Nc1ccc(N2CCN(C(=O)c3ccco3)CC2)cn1. The van der Waals surface area contributed by atoms with Gasteiger partial charge in [-0.2, -0.15) is 0 Å². The average Bonchev–Trinajstić information content (AvgIpc) is 3.21. The molecule has 1 fully saturated rings. The first kappa shape index (κ1) is 18.0. The molecule has 0 aliphatic carbocycles. The van der Waals surface area contributed by atoms with Crippen LogP contribution in [0.3, 0.4) is 0 Å². The molecule has 0 atom stereocenters. The minimum absolute atomic E-state index is 0.00264. The van der Waals surface area contributed by atoms with Crippen molar-refractivity contribution in [3.63, 3.8) is 0 Å². The van der Waals surface area contributed by atoms with E-state index in [9.17, 15) is 9.59 Å². The molecule has 1 aliphatic heterocycles. The van der Waals surface area contributed by atoms with Crippen LogP contribution in [0, 0.1) is 0 Å². The summed E-state index contributed by atoms with van der Waals surface area (Å²) in [6.07, 6.45) is 5.67. The molecule has 3 rings (SSSR count). The average molecular weight is 356 g/mol. The van der Waals surface area contributed by atoms with Gasteiger partial charge in [-0.3, -0.25) is 9.59 Å². The maximum Gasteiger partial charge on any atom is 0.289 e. The molecule has 2 aromatic heterocycles. The Morgan fingerprint density at radius 2 is 2.00 bits per heavy atom. The Labute approximate surface area is 153 Å². The van der Waals surface area contributed by atoms with E-state index in [1.807, 2.05) is 12.1 Å². The van der Waals surface area contributed by atoms with Gasteiger partial charge in [-0.05, 0) is 30.7 Å². The van der Waals surface area contributed by atoms with E-state index >= 15 is 0 Å². The highest BCUT2D eigenvalue weighted by molar-refractivity contribution is 5.91. The molecule has 7 nitrogen and oxygen atoms in total. The van der Waals surface area contributed by atoms with Crippen LogP contribution in [0.25, 0.3) is 0 Å². The van der Waals surface area contributed by atoms with Crippen molar-refractivity contribution in [3.05, 3.63) is 42.5 Å². The summed E-state index contributed by atoms with van der Waals surface area (Å²) in [4.78, 5) is 32.3. The lowest BCUT2D eigenvalue weighted by atomic mass is 10.2. The first-order chi connectivity index (χ1) is 12.7. The van der Waals surface area contributed by atoms with Gasteiger partial charge in [0.2, 0.25) is 5.91 Å². The Kier molecular flexibility index (Phi) is 5.88. The summed E-state index contributed by atoms with van der Waals surface area (Å²) in [6, 6.07) is 7.18. The highest BCUT2D eigenvalue weighted by Crippen LogP contribution is 2.18. The van der Waals surface area contributed by atoms with E-state index in [4.69, 9.17) is 4.42 Å². The summed E-state index contributed by atoms with van der Waals surface area (Å²) in [5, 5.41) is 2.81. The first-order valence-electron chi connectivity index (χ1n) is 9.01. The van der Waals surface area contributed by atoms with E-state index in [0.717, 1.165) is 31.6 Å². The van der Waals surface area contributed by atoms with Crippen LogP contribution >= 0.6 is 0 Å². The highest BCUT2D eigenvalue weighted by Gasteiger charge is 2.23. The van der Waals surface area contributed by atoms with Gasteiger partial charge < -0.3 is 19.5 Å². The third kappa shape index (κ3) is 4.41. The van der Waals surface area contributed by atoms with Gasteiger partial charge in [0.05, 0.1) is 18.1 Å². The van der Waals surface area contributed by atoms with E-state index in [1.165, 1.54) is 6.26 Å². The lowest BCUT2D eigenvalue weighted by Gasteiger charge is -2.35. The molecule has 0 unspecified atom stereocenters. The minimum Gasteiger partial charge on any atom is -0.459 e. The number of piperazine rings is 1. The molecule has 1 N–H and O–H groups in total. The smallest absolute Gasteiger partial charge is 0.289 e. The number of nitrogens with one attached hydrogen (secondary N) is 1. The second kappa shape index (κ2) is 8.51. The Balaban J connectivity index is 1.51. The van der Waals surface area contributed by atoms with Crippen LogP contribution in [-0.2, 0) is 4.79 Å². The van der Waals surface area contributed by atoms with E-state index in [2.05, 4.69) is 22.1 Å². The molecule has 0 bridgehead atoms. The number of furan rings is 1. The van der Waals surface area contributed by atoms with Crippen LogP contribution in [0.2, 0.25) is 0 Å². The van der Waals surface area contributed by atoms with Crippen molar-refractivity contribution in [2.75, 3.05) is 36.4 Å². The lowest BCUT2D eigenvalue weighted by molar-refractivity contribution is -0.116. The van der Waals surface area contributed by atoms with Gasteiger partial charge in [0.1, 0.15) is 5.82 Å². The number of nitrogens with zero attached hydrogens (tertiary/aromatic N) is 3. The van der Waals surface area contributed by atoms with Gasteiger partial charge >= 0.3 is 0 Å². The molecule has 26 heavy (non-hydrogen) atoms. The van der Waals surface area contributed by atoms with E-state index < -0.39 is 0 Å². The van der Waals surface area contributed by atoms with Gasteiger partial charge in [0.15, 0.2) is 5.76 Å². The predicted molar refractivity (Wildman–Crippen MR) is 99.2 cm³/mol. The predicted octanol–water partition coefficient (Wildman–Crippen LogP) is 2.77. The van der Waals surface area contributed by atoms with Crippen molar-refractivity contribution in [2.45, 2.75) is 26.2 Å². The quantitative estimate of drug-likeness (QED) is 0.861. The summed E-state index contributed by atoms with van der Waals surface area (Å²) in [6.45, 7) is 4.79. The van der Waals surface area contributed by atoms with Crippen LogP contribution in [0.15, 0.2) is 41.1 Å². The van der Waals surface area contributed by atoms with E-state index in [1.54, 1.807) is 23.2 Å². The monoisotopic (exact) mass is 356 g/mol. The molecule has 0 spiro atoms. The normalized spacial score (nSPS) is 14.3. The molecule has 1 saturated heterocycles.